The number of rotatable bonds is 6. The molecule has 1 amide bonds. The number of carbonyl (C=O) groups excluding carboxylic acids is 1. The summed E-state index contributed by atoms with van der Waals surface area (Å²) in [7, 11) is 0. The number of morpholine rings is 1. The highest BCUT2D eigenvalue weighted by Gasteiger charge is 2.34. The highest BCUT2D eigenvalue weighted by molar-refractivity contribution is 5.76. The van der Waals surface area contributed by atoms with E-state index < -0.39 is 0 Å². The lowest BCUT2D eigenvalue weighted by atomic mass is 9.76. The second-order valence-electron chi connectivity index (χ2n) is 6.58. The van der Waals surface area contributed by atoms with E-state index in [1.54, 1.807) is 0 Å². The molecule has 1 saturated heterocycles. The minimum Gasteiger partial charge on any atom is -0.394 e. The molecule has 2 N–H and O–H groups in total. The number of hydrogen-bond donors (Lipinski definition) is 2. The topological polar surface area (TPSA) is 61.8 Å². The van der Waals surface area contributed by atoms with E-state index in [9.17, 15) is 9.90 Å². The summed E-state index contributed by atoms with van der Waals surface area (Å²) in [6.45, 7) is 5.60. The van der Waals surface area contributed by atoms with E-state index in [1.807, 2.05) is 4.90 Å². The van der Waals surface area contributed by atoms with Crippen molar-refractivity contribution in [3.8, 4) is 0 Å². The first-order chi connectivity index (χ1) is 10.2. The normalized spacial score (nSPS) is 23.8. The van der Waals surface area contributed by atoms with Gasteiger partial charge in [-0.3, -0.25) is 4.79 Å². The number of carbonyl (C=O) groups is 1. The fourth-order valence-electron chi connectivity index (χ4n) is 3.49. The summed E-state index contributed by atoms with van der Waals surface area (Å²) >= 11 is 0. The summed E-state index contributed by atoms with van der Waals surface area (Å²) in [4.78, 5) is 14.0. The molecular weight excluding hydrogens is 268 g/mol. The molecule has 5 heteroatoms. The van der Waals surface area contributed by atoms with Crippen LogP contribution in [0.25, 0.3) is 0 Å². The van der Waals surface area contributed by atoms with Crippen LogP contribution in [0.3, 0.4) is 0 Å². The van der Waals surface area contributed by atoms with Crippen molar-refractivity contribution in [2.75, 3.05) is 39.5 Å². The summed E-state index contributed by atoms with van der Waals surface area (Å²) in [5.74, 6) is 0.712. The van der Waals surface area contributed by atoms with Crippen molar-refractivity contribution in [2.45, 2.75) is 51.0 Å². The molecule has 21 heavy (non-hydrogen) atoms. The van der Waals surface area contributed by atoms with Crippen molar-refractivity contribution >= 4 is 5.91 Å². The Hall–Kier alpha value is -0.650. The minimum atomic E-state index is -0.244. The van der Waals surface area contributed by atoms with Gasteiger partial charge in [0.05, 0.1) is 19.8 Å². The van der Waals surface area contributed by atoms with Gasteiger partial charge in [-0.25, -0.2) is 0 Å². The Morgan fingerprint density at radius 1 is 1.29 bits per heavy atom. The van der Waals surface area contributed by atoms with Crippen LogP contribution in [0.2, 0.25) is 0 Å². The van der Waals surface area contributed by atoms with Crippen LogP contribution in [0.15, 0.2) is 0 Å². The first-order valence-corrected chi connectivity index (χ1v) is 8.37. The zero-order chi connectivity index (χ0) is 15.1. The number of aliphatic hydroxyl groups excluding tert-OH is 1. The summed E-state index contributed by atoms with van der Waals surface area (Å²) in [5, 5.41) is 13.2. The van der Waals surface area contributed by atoms with Crippen LogP contribution in [0.4, 0.5) is 0 Å². The molecule has 5 nitrogen and oxygen atoms in total. The van der Waals surface area contributed by atoms with Crippen LogP contribution >= 0.6 is 0 Å². The molecule has 0 unspecified atom stereocenters. The Kier molecular flexibility index (Phi) is 6.45. The minimum absolute atomic E-state index is 0.142. The first-order valence-electron chi connectivity index (χ1n) is 8.37. The Morgan fingerprint density at radius 3 is 2.57 bits per heavy atom. The summed E-state index contributed by atoms with van der Waals surface area (Å²) < 4.78 is 5.26. The number of aliphatic hydroxyl groups is 1. The van der Waals surface area contributed by atoms with Gasteiger partial charge in [-0.05, 0) is 25.7 Å². The van der Waals surface area contributed by atoms with Crippen LogP contribution in [0.1, 0.15) is 45.4 Å². The predicted octanol–water partition coefficient (Wildman–Crippen LogP) is 1.16. The largest absolute Gasteiger partial charge is 0.394 e. The van der Waals surface area contributed by atoms with Crippen LogP contribution in [-0.2, 0) is 9.53 Å². The van der Waals surface area contributed by atoms with E-state index in [-0.39, 0.29) is 18.1 Å². The van der Waals surface area contributed by atoms with Crippen molar-refractivity contribution in [3.05, 3.63) is 0 Å². The van der Waals surface area contributed by atoms with Gasteiger partial charge in [0.2, 0.25) is 5.91 Å². The molecule has 1 aliphatic carbocycles. The van der Waals surface area contributed by atoms with E-state index in [2.05, 4.69) is 12.2 Å². The number of nitrogens with zero attached hydrogens (tertiary/aromatic N) is 1. The monoisotopic (exact) mass is 298 g/mol. The first kappa shape index (κ1) is 16.7. The molecule has 2 fully saturated rings. The molecule has 0 aromatic carbocycles. The molecule has 122 valence electrons. The lowest BCUT2D eigenvalue weighted by Crippen LogP contribution is -2.53. The van der Waals surface area contributed by atoms with Crippen LogP contribution in [-0.4, -0.2) is 60.9 Å². The number of ether oxygens (including phenoxy) is 1. The van der Waals surface area contributed by atoms with E-state index in [0.29, 0.717) is 45.2 Å². The SMILES string of the molecule is C[C@](CO)(NCCC(=O)N1CCOCC1)C1CCCCC1. The molecule has 1 atom stereocenters. The molecule has 2 aliphatic rings. The van der Waals surface area contributed by atoms with Crippen molar-refractivity contribution < 1.29 is 14.6 Å². The second-order valence-corrected chi connectivity index (χ2v) is 6.58. The van der Waals surface area contributed by atoms with Gasteiger partial charge < -0.3 is 20.1 Å². The maximum atomic E-state index is 12.1. The third-order valence-corrected chi connectivity index (χ3v) is 5.07. The summed E-state index contributed by atoms with van der Waals surface area (Å²) in [5.41, 5.74) is -0.244. The van der Waals surface area contributed by atoms with E-state index in [4.69, 9.17) is 4.74 Å². The zero-order valence-corrected chi connectivity index (χ0v) is 13.3. The van der Waals surface area contributed by atoms with Crippen molar-refractivity contribution in [1.29, 1.82) is 0 Å². The highest BCUT2D eigenvalue weighted by atomic mass is 16.5. The Labute approximate surface area is 128 Å². The smallest absolute Gasteiger partial charge is 0.224 e. The molecule has 2 rings (SSSR count). The molecule has 0 aromatic rings. The van der Waals surface area contributed by atoms with Crippen molar-refractivity contribution in [2.24, 2.45) is 5.92 Å². The molecule has 1 aliphatic heterocycles. The fourth-order valence-corrected chi connectivity index (χ4v) is 3.49. The van der Waals surface area contributed by atoms with Gasteiger partial charge in [-0.2, -0.15) is 0 Å². The van der Waals surface area contributed by atoms with Gasteiger partial charge in [0.25, 0.3) is 0 Å². The van der Waals surface area contributed by atoms with Crippen LogP contribution in [0, 0.1) is 5.92 Å². The molecule has 1 saturated carbocycles. The lowest BCUT2D eigenvalue weighted by molar-refractivity contribution is -0.135. The lowest BCUT2D eigenvalue weighted by Gasteiger charge is -2.39. The summed E-state index contributed by atoms with van der Waals surface area (Å²) in [6, 6.07) is 0. The zero-order valence-electron chi connectivity index (χ0n) is 13.3. The average Bonchev–Trinajstić information content (AvgIpc) is 2.56. The molecule has 0 spiro atoms. The van der Waals surface area contributed by atoms with Crippen LogP contribution < -0.4 is 5.32 Å². The van der Waals surface area contributed by atoms with Crippen LogP contribution in [0.5, 0.6) is 0 Å². The van der Waals surface area contributed by atoms with Gasteiger partial charge in [0.15, 0.2) is 0 Å². The maximum Gasteiger partial charge on any atom is 0.224 e. The predicted molar refractivity (Wildman–Crippen MR) is 82.1 cm³/mol. The average molecular weight is 298 g/mol. The maximum absolute atomic E-state index is 12.1. The number of nitrogens with one attached hydrogen (secondary N) is 1. The van der Waals surface area contributed by atoms with Gasteiger partial charge >= 0.3 is 0 Å². The van der Waals surface area contributed by atoms with E-state index in [1.165, 1.54) is 32.1 Å². The van der Waals surface area contributed by atoms with Crippen molar-refractivity contribution in [1.82, 2.24) is 10.2 Å². The van der Waals surface area contributed by atoms with Gasteiger partial charge in [0, 0.05) is 31.6 Å². The van der Waals surface area contributed by atoms with Gasteiger partial charge in [-0.1, -0.05) is 19.3 Å². The Balaban J connectivity index is 1.75. The number of hydrogen-bond acceptors (Lipinski definition) is 4. The Bertz CT molecular complexity index is 325. The van der Waals surface area contributed by atoms with Crippen molar-refractivity contribution in [3.63, 3.8) is 0 Å². The van der Waals surface area contributed by atoms with E-state index in [0.717, 1.165) is 0 Å². The van der Waals surface area contributed by atoms with E-state index >= 15 is 0 Å². The molecular formula is C16H30N2O3. The third-order valence-electron chi connectivity index (χ3n) is 5.07. The molecule has 1 heterocycles. The second kappa shape index (κ2) is 8.11. The van der Waals surface area contributed by atoms with Gasteiger partial charge in [-0.15, -0.1) is 0 Å². The quantitative estimate of drug-likeness (QED) is 0.772. The summed E-state index contributed by atoms with van der Waals surface area (Å²) in [6.07, 6.45) is 6.70. The Morgan fingerprint density at radius 2 is 1.95 bits per heavy atom. The molecule has 0 aromatic heterocycles. The molecule has 0 bridgehead atoms. The van der Waals surface area contributed by atoms with Gasteiger partial charge in [0.1, 0.15) is 0 Å². The third kappa shape index (κ3) is 4.66. The number of amides is 1. The standard InChI is InChI=1S/C16H30N2O3/c1-16(13-19,14-5-3-2-4-6-14)17-8-7-15(20)18-9-11-21-12-10-18/h14,17,19H,2-13H2,1H3/t16-/m1/s1. The highest BCUT2D eigenvalue weighted by Crippen LogP contribution is 2.32. The molecule has 0 radical (unpaired) electrons. The fraction of sp³-hybridized carbons (Fsp3) is 0.938.